The van der Waals surface area contributed by atoms with Crippen LogP contribution in [-0.4, -0.2) is 7.11 Å². The lowest BCUT2D eigenvalue weighted by Crippen LogP contribution is -1.98. The summed E-state index contributed by atoms with van der Waals surface area (Å²) in [6.45, 7) is 8.58. The molecule has 0 spiro atoms. The van der Waals surface area contributed by atoms with Crippen molar-refractivity contribution in [1.82, 2.24) is 0 Å². The molecule has 0 heterocycles. The van der Waals surface area contributed by atoms with Crippen molar-refractivity contribution in [3.05, 3.63) is 11.8 Å². The lowest BCUT2D eigenvalue weighted by atomic mass is 10.1. The van der Waals surface area contributed by atoms with E-state index in [2.05, 4.69) is 33.8 Å². The molecule has 0 N–H and O–H groups in total. The van der Waals surface area contributed by atoms with Gasteiger partial charge in [0.05, 0.1) is 12.9 Å². The molecule has 0 atom stereocenters. The van der Waals surface area contributed by atoms with Crippen molar-refractivity contribution in [2.45, 2.75) is 27.7 Å². The van der Waals surface area contributed by atoms with Gasteiger partial charge >= 0.3 is 0 Å². The van der Waals surface area contributed by atoms with E-state index in [1.807, 2.05) is 0 Å². The summed E-state index contributed by atoms with van der Waals surface area (Å²) in [5.74, 6) is 2.18. The van der Waals surface area contributed by atoms with Gasteiger partial charge in [-0.15, -0.1) is 0 Å². The van der Waals surface area contributed by atoms with Crippen LogP contribution in [0.25, 0.3) is 0 Å². The summed E-state index contributed by atoms with van der Waals surface area (Å²) >= 11 is 0. The SMILES string of the molecule is CO/C(=C\C(C)C)C(C)C. The summed E-state index contributed by atoms with van der Waals surface area (Å²) in [5.41, 5.74) is 0. The average Bonchev–Trinajstić information content (AvgIpc) is 1.81. The fourth-order valence-electron chi connectivity index (χ4n) is 0.825. The number of allylic oxidation sites excluding steroid dienone is 2. The van der Waals surface area contributed by atoms with Gasteiger partial charge in [-0.3, -0.25) is 0 Å². The Morgan fingerprint density at radius 1 is 1.20 bits per heavy atom. The molecule has 10 heavy (non-hydrogen) atoms. The van der Waals surface area contributed by atoms with E-state index >= 15 is 0 Å². The Hall–Kier alpha value is -0.460. The predicted molar refractivity (Wildman–Crippen MR) is 44.8 cm³/mol. The molecule has 0 saturated carbocycles. The molecular formula is C9H18O. The van der Waals surface area contributed by atoms with Gasteiger partial charge in [0.15, 0.2) is 0 Å². The van der Waals surface area contributed by atoms with Gasteiger partial charge in [-0.05, 0) is 12.0 Å². The molecule has 0 aliphatic carbocycles. The molecule has 0 bridgehead atoms. The maximum Gasteiger partial charge on any atom is 0.0943 e. The first kappa shape index (κ1) is 9.54. The summed E-state index contributed by atoms with van der Waals surface area (Å²) in [7, 11) is 1.73. The normalized spacial score (nSPS) is 12.9. The smallest absolute Gasteiger partial charge is 0.0943 e. The molecule has 60 valence electrons. The second-order valence-corrected chi connectivity index (χ2v) is 3.17. The highest BCUT2D eigenvalue weighted by Gasteiger charge is 2.02. The number of hydrogen-bond acceptors (Lipinski definition) is 1. The largest absolute Gasteiger partial charge is 0.501 e. The fraction of sp³-hybridized carbons (Fsp3) is 0.778. The van der Waals surface area contributed by atoms with E-state index in [-0.39, 0.29) is 0 Å². The molecule has 0 fully saturated rings. The van der Waals surface area contributed by atoms with Gasteiger partial charge in [0.2, 0.25) is 0 Å². The van der Waals surface area contributed by atoms with Crippen molar-refractivity contribution in [1.29, 1.82) is 0 Å². The summed E-state index contributed by atoms with van der Waals surface area (Å²) in [6.07, 6.45) is 2.16. The standard InChI is InChI=1S/C9H18O/c1-7(2)6-9(10-5)8(3)4/h6-8H,1-5H3/b9-6-. The average molecular weight is 142 g/mol. The quantitative estimate of drug-likeness (QED) is 0.550. The minimum atomic E-state index is 0.507. The molecular weight excluding hydrogens is 124 g/mol. The van der Waals surface area contributed by atoms with E-state index in [0.717, 1.165) is 5.76 Å². The molecule has 0 saturated heterocycles. The molecule has 1 nitrogen and oxygen atoms in total. The minimum Gasteiger partial charge on any atom is -0.501 e. The second-order valence-electron chi connectivity index (χ2n) is 3.17. The van der Waals surface area contributed by atoms with E-state index in [1.165, 1.54) is 0 Å². The van der Waals surface area contributed by atoms with E-state index in [9.17, 15) is 0 Å². The summed E-state index contributed by atoms with van der Waals surface area (Å²) in [4.78, 5) is 0. The van der Waals surface area contributed by atoms with Gasteiger partial charge in [0.25, 0.3) is 0 Å². The molecule has 0 aliphatic rings. The molecule has 0 unspecified atom stereocenters. The highest BCUT2D eigenvalue weighted by Crippen LogP contribution is 2.12. The lowest BCUT2D eigenvalue weighted by Gasteiger charge is -2.10. The van der Waals surface area contributed by atoms with Gasteiger partial charge in [-0.25, -0.2) is 0 Å². The van der Waals surface area contributed by atoms with Gasteiger partial charge < -0.3 is 4.74 Å². The highest BCUT2D eigenvalue weighted by molar-refractivity contribution is 4.97. The zero-order valence-corrected chi connectivity index (χ0v) is 7.64. The second kappa shape index (κ2) is 4.37. The number of hydrogen-bond donors (Lipinski definition) is 0. The van der Waals surface area contributed by atoms with Gasteiger partial charge in [-0.1, -0.05) is 27.7 Å². The Bertz CT molecular complexity index is 112. The molecule has 0 aliphatic heterocycles. The first-order valence-corrected chi connectivity index (χ1v) is 3.83. The Morgan fingerprint density at radius 2 is 1.70 bits per heavy atom. The Kier molecular flexibility index (Phi) is 4.17. The van der Waals surface area contributed by atoms with Crippen LogP contribution in [0.1, 0.15) is 27.7 Å². The van der Waals surface area contributed by atoms with Gasteiger partial charge in [0.1, 0.15) is 0 Å². The van der Waals surface area contributed by atoms with Crippen LogP contribution in [0.3, 0.4) is 0 Å². The van der Waals surface area contributed by atoms with Gasteiger partial charge in [0, 0.05) is 5.92 Å². The Morgan fingerprint density at radius 3 is 1.80 bits per heavy atom. The van der Waals surface area contributed by atoms with Crippen molar-refractivity contribution in [3.8, 4) is 0 Å². The minimum absolute atomic E-state index is 0.507. The molecule has 0 rings (SSSR count). The third kappa shape index (κ3) is 3.54. The van der Waals surface area contributed by atoms with Crippen molar-refractivity contribution >= 4 is 0 Å². The van der Waals surface area contributed by atoms with Crippen LogP contribution in [0.2, 0.25) is 0 Å². The predicted octanol–water partition coefficient (Wildman–Crippen LogP) is 2.83. The van der Waals surface area contributed by atoms with E-state index < -0.39 is 0 Å². The van der Waals surface area contributed by atoms with Crippen molar-refractivity contribution in [3.63, 3.8) is 0 Å². The van der Waals surface area contributed by atoms with Crippen LogP contribution >= 0.6 is 0 Å². The molecule has 0 aromatic heterocycles. The maximum atomic E-state index is 5.18. The Balaban J connectivity index is 4.04. The zero-order chi connectivity index (χ0) is 8.15. The first-order valence-electron chi connectivity index (χ1n) is 3.83. The van der Waals surface area contributed by atoms with Crippen molar-refractivity contribution in [2.75, 3.05) is 7.11 Å². The third-order valence-corrected chi connectivity index (χ3v) is 1.30. The number of ether oxygens (including phenoxy) is 1. The Labute approximate surface area is 64.1 Å². The lowest BCUT2D eigenvalue weighted by molar-refractivity contribution is 0.250. The van der Waals surface area contributed by atoms with E-state index in [1.54, 1.807) is 7.11 Å². The monoisotopic (exact) mass is 142 g/mol. The van der Waals surface area contributed by atoms with Crippen molar-refractivity contribution < 1.29 is 4.74 Å². The third-order valence-electron chi connectivity index (χ3n) is 1.30. The maximum absolute atomic E-state index is 5.18. The highest BCUT2D eigenvalue weighted by atomic mass is 16.5. The summed E-state index contributed by atoms with van der Waals surface area (Å²) < 4.78 is 5.18. The molecule has 0 aromatic rings. The van der Waals surface area contributed by atoms with E-state index in [4.69, 9.17) is 4.74 Å². The number of methoxy groups -OCH3 is 1. The first-order chi connectivity index (χ1) is 4.57. The van der Waals surface area contributed by atoms with Crippen LogP contribution < -0.4 is 0 Å². The topological polar surface area (TPSA) is 9.23 Å². The number of rotatable bonds is 3. The molecule has 0 amide bonds. The van der Waals surface area contributed by atoms with Crippen LogP contribution in [0.4, 0.5) is 0 Å². The summed E-state index contributed by atoms with van der Waals surface area (Å²) in [6, 6.07) is 0. The van der Waals surface area contributed by atoms with Crippen molar-refractivity contribution in [2.24, 2.45) is 11.8 Å². The molecule has 0 radical (unpaired) electrons. The van der Waals surface area contributed by atoms with Crippen LogP contribution in [0, 0.1) is 11.8 Å². The van der Waals surface area contributed by atoms with Crippen LogP contribution in [0.15, 0.2) is 11.8 Å². The van der Waals surface area contributed by atoms with Crippen LogP contribution in [0.5, 0.6) is 0 Å². The fourth-order valence-corrected chi connectivity index (χ4v) is 0.825. The molecule has 1 heteroatoms. The zero-order valence-electron chi connectivity index (χ0n) is 7.64. The molecule has 0 aromatic carbocycles. The van der Waals surface area contributed by atoms with Gasteiger partial charge in [-0.2, -0.15) is 0 Å². The van der Waals surface area contributed by atoms with Crippen LogP contribution in [-0.2, 0) is 4.74 Å². The summed E-state index contributed by atoms with van der Waals surface area (Å²) in [5, 5.41) is 0. The van der Waals surface area contributed by atoms with E-state index in [0.29, 0.717) is 11.8 Å².